The molecule has 0 aliphatic rings. The summed E-state index contributed by atoms with van der Waals surface area (Å²) in [5.41, 5.74) is -0.211. The molecular formula is C9H10FNO3S. The third-order valence-electron chi connectivity index (χ3n) is 1.66. The van der Waals surface area contributed by atoms with Gasteiger partial charge in [0.2, 0.25) is 0 Å². The Morgan fingerprint density at radius 1 is 1.60 bits per heavy atom. The van der Waals surface area contributed by atoms with Crippen LogP contribution in [0, 0.1) is 15.9 Å². The molecule has 0 unspecified atom stereocenters. The number of rotatable bonds is 5. The molecule has 0 saturated heterocycles. The minimum absolute atomic E-state index is 0.0194. The fourth-order valence-electron chi connectivity index (χ4n) is 0.989. The van der Waals surface area contributed by atoms with Crippen molar-refractivity contribution in [2.24, 2.45) is 0 Å². The van der Waals surface area contributed by atoms with Crippen molar-refractivity contribution < 1.29 is 14.1 Å². The number of thioether (sulfide) groups is 1. The lowest BCUT2D eigenvalue weighted by atomic mass is 10.3. The molecule has 82 valence electrons. The fraction of sp³-hybridized carbons (Fsp3) is 0.333. The number of nitro groups is 1. The van der Waals surface area contributed by atoms with Crippen LogP contribution in [0.15, 0.2) is 18.2 Å². The Kier molecular flexibility index (Phi) is 4.36. The summed E-state index contributed by atoms with van der Waals surface area (Å²) in [6.45, 7) is 0.325. The summed E-state index contributed by atoms with van der Waals surface area (Å²) < 4.78 is 17.9. The van der Waals surface area contributed by atoms with Gasteiger partial charge in [0.15, 0.2) is 5.75 Å². The van der Waals surface area contributed by atoms with Crippen LogP contribution >= 0.6 is 11.8 Å². The number of ether oxygens (including phenoxy) is 1. The van der Waals surface area contributed by atoms with Gasteiger partial charge in [-0.05, 0) is 12.3 Å². The maximum atomic E-state index is 12.8. The Morgan fingerprint density at radius 3 is 2.93 bits per heavy atom. The minimum Gasteiger partial charge on any atom is -0.486 e. The van der Waals surface area contributed by atoms with Crippen LogP contribution in [0.3, 0.4) is 0 Å². The molecule has 1 rings (SSSR count). The predicted molar refractivity (Wildman–Crippen MR) is 56.9 cm³/mol. The van der Waals surface area contributed by atoms with Gasteiger partial charge in [-0.2, -0.15) is 11.8 Å². The van der Waals surface area contributed by atoms with Crippen LogP contribution < -0.4 is 4.74 Å². The van der Waals surface area contributed by atoms with E-state index in [9.17, 15) is 14.5 Å². The maximum absolute atomic E-state index is 12.8. The Hall–Kier alpha value is -1.30. The van der Waals surface area contributed by atoms with Gasteiger partial charge in [-0.3, -0.25) is 10.1 Å². The highest BCUT2D eigenvalue weighted by Crippen LogP contribution is 2.27. The van der Waals surface area contributed by atoms with E-state index in [0.29, 0.717) is 12.4 Å². The van der Waals surface area contributed by atoms with Gasteiger partial charge in [-0.15, -0.1) is 0 Å². The van der Waals surface area contributed by atoms with Gasteiger partial charge < -0.3 is 4.74 Å². The zero-order valence-corrected chi connectivity index (χ0v) is 8.92. The first-order valence-electron chi connectivity index (χ1n) is 4.21. The van der Waals surface area contributed by atoms with E-state index in [1.54, 1.807) is 11.8 Å². The van der Waals surface area contributed by atoms with E-state index >= 15 is 0 Å². The molecule has 1 aromatic carbocycles. The average Bonchev–Trinajstić information content (AvgIpc) is 2.18. The summed E-state index contributed by atoms with van der Waals surface area (Å²) in [6.07, 6.45) is 1.89. The second-order valence-electron chi connectivity index (χ2n) is 2.71. The molecule has 4 nitrogen and oxygen atoms in total. The molecule has 0 aromatic heterocycles. The molecule has 15 heavy (non-hydrogen) atoms. The summed E-state index contributed by atoms with van der Waals surface area (Å²) in [7, 11) is 0. The number of halogens is 1. The smallest absolute Gasteiger partial charge is 0.311 e. The van der Waals surface area contributed by atoms with Crippen molar-refractivity contribution in [1.82, 2.24) is 0 Å². The maximum Gasteiger partial charge on any atom is 0.311 e. The number of hydrogen-bond donors (Lipinski definition) is 0. The summed E-state index contributed by atoms with van der Waals surface area (Å²) in [5.74, 6) is 0.141. The molecule has 0 fully saturated rings. The minimum atomic E-state index is -0.589. The Morgan fingerprint density at radius 2 is 2.33 bits per heavy atom. The fourth-order valence-corrected chi connectivity index (χ4v) is 1.24. The number of benzene rings is 1. The summed E-state index contributed by atoms with van der Waals surface area (Å²) in [4.78, 5) is 9.97. The molecule has 0 bridgehead atoms. The van der Waals surface area contributed by atoms with Gasteiger partial charge in [0.1, 0.15) is 5.82 Å². The van der Waals surface area contributed by atoms with Crippen LogP contribution in [0.4, 0.5) is 10.1 Å². The van der Waals surface area contributed by atoms with Crippen molar-refractivity contribution in [3.8, 4) is 5.75 Å². The molecular weight excluding hydrogens is 221 g/mol. The van der Waals surface area contributed by atoms with Gasteiger partial charge in [-0.25, -0.2) is 4.39 Å². The van der Waals surface area contributed by atoms with Crippen molar-refractivity contribution in [3.63, 3.8) is 0 Å². The normalized spacial score (nSPS) is 10.0. The molecule has 0 N–H and O–H groups in total. The molecule has 0 amide bonds. The zero-order valence-electron chi connectivity index (χ0n) is 8.10. The lowest BCUT2D eigenvalue weighted by Crippen LogP contribution is -2.02. The van der Waals surface area contributed by atoms with Crippen LogP contribution in [-0.4, -0.2) is 23.5 Å². The average molecular weight is 231 g/mol. The van der Waals surface area contributed by atoms with Crippen LogP contribution in [0.25, 0.3) is 0 Å². The largest absolute Gasteiger partial charge is 0.486 e. The molecule has 0 heterocycles. The van der Waals surface area contributed by atoms with Crippen LogP contribution in [0.5, 0.6) is 5.75 Å². The molecule has 0 aliphatic heterocycles. The lowest BCUT2D eigenvalue weighted by Gasteiger charge is -2.05. The highest BCUT2D eigenvalue weighted by molar-refractivity contribution is 7.98. The topological polar surface area (TPSA) is 52.4 Å². The summed E-state index contributed by atoms with van der Waals surface area (Å²) in [6, 6.07) is 3.17. The Balaban J connectivity index is 2.82. The van der Waals surface area contributed by atoms with Gasteiger partial charge in [0, 0.05) is 17.9 Å². The van der Waals surface area contributed by atoms with Crippen molar-refractivity contribution in [2.45, 2.75) is 0 Å². The van der Waals surface area contributed by atoms with Crippen LogP contribution in [0.2, 0.25) is 0 Å². The number of hydrogen-bond acceptors (Lipinski definition) is 4. The van der Waals surface area contributed by atoms with Gasteiger partial charge in [0.05, 0.1) is 11.5 Å². The van der Waals surface area contributed by atoms with E-state index in [1.165, 1.54) is 0 Å². The second-order valence-corrected chi connectivity index (χ2v) is 3.70. The van der Waals surface area contributed by atoms with Gasteiger partial charge >= 0.3 is 5.69 Å². The molecule has 0 saturated carbocycles. The summed E-state index contributed by atoms with van der Waals surface area (Å²) in [5, 5.41) is 10.6. The first-order valence-corrected chi connectivity index (χ1v) is 5.60. The van der Waals surface area contributed by atoms with Crippen LogP contribution in [-0.2, 0) is 0 Å². The third-order valence-corrected chi connectivity index (χ3v) is 2.24. The van der Waals surface area contributed by atoms with E-state index in [-0.39, 0.29) is 11.4 Å². The Bertz CT molecular complexity index is 359. The van der Waals surface area contributed by atoms with Crippen molar-refractivity contribution >= 4 is 17.4 Å². The molecule has 6 heteroatoms. The SMILES string of the molecule is CSCCOc1cc(F)ccc1[N+](=O)[O-]. The van der Waals surface area contributed by atoms with E-state index in [0.717, 1.165) is 18.2 Å². The predicted octanol–water partition coefficient (Wildman–Crippen LogP) is 2.48. The van der Waals surface area contributed by atoms with Gasteiger partial charge in [0.25, 0.3) is 0 Å². The number of nitrogens with zero attached hydrogens (tertiary/aromatic N) is 1. The van der Waals surface area contributed by atoms with Crippen molar-refractivity contribution in [3.05, 3.63) is 34.1 Å². The zero-order chi connectivity index (χ0) is 11.3. The standard InChI is InChI=1S/C9H10FNO3S/c1-15-5-4-14-9-6-7(10)2-3-8(9)11(12)13/h2-3,6H,4-5H2,1H3. The first kappa shape index (κ1) is 11.8. The van der Waals surface area contributed by atoms with Crippen molar-refractivity contribution in [2.75, 3.05) is 18.6 Å². The third kappa shape index (κ3) is 3.39. The highest BCUT2D eigenvalue weighted by Gasteiger charge is 2.15. The molecule has 1 aromatic rings. The van der Waals surface area contributed by atoms with E-state index in [4.69, 9.17) is 4.74 Å². The summed E-state index contributed by atoms with van der Waals surface area (Å²) >= 11 is 1.55. The lowest BCUT2D eigenvalue weighted by molar-refractivity contribution is -0.385. The molecule has 0 aliphatic carbocycles. The quantitative estimate of drug-likeness (QED) is 0.444. The molecule has 0 radical (unpaired) electrons. The van der Waals surface area contributed by atoms with E-state index < -0.39 is 10.7 Å². The second kappa shape index (κ2) is 5.55. The highest BCUT2D eigenvalue weighted by atomic mass is 32.2. The van der Waals surface area contributed by atoms with E-state index in [1.807, 2.05) is 6.26 Å². The first-order chi connectivity index (χ1) is 7.15. The van der Waals surface area contributed by atoms with Crippen molar-refractivity contribution in [1.29, 1.82) is 0 Å². The Labute approximate surface area is 90.6 Å². The van der Waals surface area contributed by atoms with Crippen LogP contribution in [0.1, 0.15) is 0 Å². The van der Waals surface area contributed by atoms with Gasteiger partial charge in [-0.1, -0.05) is 0 Å². The monoisotopic (exact) mass is 231 g/mol. The molecule has 0 atom stereocenters. The van der Waals surface area contributed by atoms with E-state index in [2.05, 4.69) is 0 Å². The molecule has 0 spiro atoms. The number of nitro benzene ring substituents is 1.